The van der Waals surface area contributed by atoms with Crippen molar-refractivity contribution in [2.24, 2.45) is 0 Å². The van der Waals surface area contributed by atoms with Crippen LogP contribution in [0.2, 0.25) is 10.0 Å². The number of esters is 1. The molecular weight excluding hydrogens is 1330 g/mol. The summed E-state index contributed by atoms with van der Waals surface area (Å²) < 4.78 is 140. The first-order valence-electron chi connectivity index (χ1n) is 23.4. The summed E-state index contributed by atoms with van der Waals surface area (Å²) in [6.07, 6.45) is 0.592. The average Bonchev–Trinajstić information content (AvgIpc) is 0.956. The number of nitrogens with one attached hydrogen (secondary N) is 5. The Labute approximate surface area is 513 Å². The number of hydrogen-bond acceptors (Lipinski definition) is 25. The van der Waals surface area contributed by atoms with E-state index < -0.39 is 128 Å². The Morgan fingerprint density at radius 1 is 0.711 bits per heavy atom. The molecule has 6 rings (SSSR count). The molecule has 0 saturated heterocycles. The number of amides is 5. The number of urea groups is 2. The van der Waals surface area contributed by atoms with Crippen LogP contribution in [0.5, 0.6) is 35.0 Å². The van der Waals surface area contributed by atoms with Gasteiger partial charge in [0.15, 0.2) is 5.03 Å². The molecule has 0 spiro atoms. The molecule has 0 bridgehead atoms. The van der Waals surface area contributed by atoms with Gasteiger partial charge in [0.05, 0.1) is 67.4 Å². The van der Waals surface area contributed by atoms with Crippen molar-refractivity contribution in [2.75, 3.05) is 58.9 Å². The lowest BCUT2D eigenvalue weighted by molar-refractivity contribution is -0.385. The number of ether oxygens (including phenoxy) is 6. The van der Waals surface area contributed by atoms with Crippen molar-refractivity contribution in [2.45, 2.75) is 23.1 Å². The normalized spacial score (nSPS) is 10.8. The standard InChI is InChI=1S/C15H18N6O6S.C14H9Cl2NO5.C14H10F4N4O7S.C3H8NO5P/c1-21(2)13(22)9-6-5-7-16-12(9)28(24,25)20-15(23)19-14-17-10(26-3)8-11(18-14)27-4;1-21-14(18)10-7-9(3-4-12(10)17(19)20)22-13-5-2-8(15)6-11(13)16;15-11(16)28-8-5-9(29-12(17)18)20-13(19-8)21-14(25)22-30(26,27)7-4-2-1-3-6(7)10(23)24;5-3(6)1-4-2-10(7,8)9/h5-8H,1-4H3,(H2,17,18,19,20,23);2-7H,1H3;1-5,11-12H,(H,23,24)(H2,19,20,21,22,25);4H,1-2H2,(H,5,6)(H2,7,8,9). The van der Waals surface area contributed by atoms with Crippen molar-refractivity contribution in [3.8, 4) is 35.0 Å². The summed E-state index contributed by atoms with van der Waals surface area (Å²) in [5.41, 5.74) is -1.42. The number of anilines is 2. The van der Waals surface area contributed by atoms with Crippen LogP contribution in [0, 0.1) is 10.1 Å². The summed E-state index contributed by atoms with van der Waals surface area (Å²) in [4.78, 5) is 114. The van der Waals surface area contributed by atoms with E-state index in [1.807, 2.05) is 0 Å². The molecule has 44 heteroatoms. The van der Waals surface area contributed by atoms with Crippen LogP contribution in [0.4, 0.5) is 44.7 Å². The lowest BCUT2D eigenvalue weighted by atomic mass is 10.1. The third-order valence-electron chi connectivity index (χ3n) is 9.46. The number of aliphatic carboxylic acids is 1. The smallest absolute Gasteiger partial charge is 0.388 e. The Hall–Kier alpha value is -9.90. The molecule has 6 aromatic rings. The number of pyridine rings is 1. The molecule has 9 N–H and O–H groups in total. The number of rotatable bonds is 22. The van der Waals surface area contributed by atoms with Crippen molar-refractivity contribution < 1.29 is 121 Å². The largest absolute Gasteiger partial charge is 0.481 e. The minimum absolute atomic E-state index is 0.0913. The number of benzene rings is 3. The van der Waals surface area contributed by atoms with Gasteiger partial charge in [-0.1, -0.05) is 35.3 Å². The third kappa shape index (κ3) is 24.7. The molecule has 3 heterocycles. The molecule has 3 aromatic heterocycles. The first kappa shape index (κ1) is 74.4. The van der Waals surface area contributed by atoms with Crippen LogP contribution >= 0.6 is 30.8 Å². The number of carboxylic acid groups (broad SMARTS) is 2. The molecule has 0 aliphatic rings. The molecule has 0 aliphatic carbocycles. The Morgan fingerprint density at radius 2 is 1.23 bits per heavy atom. The monoisotopic (exact) mass is 1370 g/mol. The van der Waals surface area contributed by atoms with E-state index in [1.54, 1.807) is 22.2 Å². The van der Waals surface area contributed by atoms with E-state index in [9.17, 15) is 77.8 Å². The van der Waals surface area contributed by atoms with Crippen LogP contribution in [0.1, 0.15) is 31.1 Å². The zero-order valence-electron chi connectivity index (χ0n) is 45.9. The summed E-state index contributed by atoms with van der Waals surface area (Å²) in [7, 11) is -6.52. The predicted octanol–water partition coefficient (Wildman–Crippen LogP) is 5.27. The maximum absolute atomic E-state index is 12.5. The number of sulfonamides is 2. The molecule has 486 valence electrons. The summed E-state index contributed by atoms with van der Waals surface area (Å²) in [5.74, 6) is -6.59. The second kappa shape index (κ2) is 34.0. The Bertz CT molecular complexity index is 3840. The van der Waals surface area contributed by atoms with Crippen LogP contribution in [0.25, 0.3) is 0 Å². The number of alkyl halides is 4. The summed E-state index contributed by atoms with van der Waals surface area (Å²) in [5, 5.41) is 34.0. The van der Waals surface area contributed by atoms with Gasteiger partial charge in [0, 0.05) is 37.4 Å². The molecule has 0 radical (unpaired) electrons. The summed E-state index contributed by atoms with van der Waals surface area (Å²) >= 11 is 11.8. The Balaban J connectivity index is 0.000000330. The number of methoxy groups -OCH3 is 3. The molecular formula is C46H45Cl2F4N12O23PS2. The quantitative estimate of drug-likeness (QED) is 0.0137. The molecule has 0 saturated carbocycles. The van der Waals surface area contributed by atoms with E-state index in [0.29, 0.717) is 16.8 Å². The van der Waals surface area contributed by atoms with Gasteiger partial charge >= 0.3 is 50.8 Å². The number of carboxylic acids is 2. The molecule has 0 atom stereocenters. The molecule has 0 aliphatic heterocycles. The van der Waals surface area contributed by atoms with Crippen molar-refractivity contribution in [1.29, 1.82) is 0 Å². The minimum Gasteiger partial charge on any atom is -0.481 e. The van der Waals surface area contributed by atoms with Gasteiger partial charge in [-0.15, -0.1) is 0 Å². The summed E-state index contributed by atoms with van der Waals surface area (Å²) in [6.45, 7) is -7.26. The van der Waals surface area contributed by atoms with E-state index in [2.05, 4.69) is 49.8 Å². The van der Waals surface area contributed by atoms with E-state index >= 15 is 0 Å². The topological polar surface area (TPSA) is 495 Å². The van der Waals surface area contributed by atoms with E-state index in [1.165, 1.54) is 92.7 Å². The van der Waals surface area contributed by atoms with Crippen molar-refractivity contribution in [3.05, 3.63) is 128 Å². The number of hydrogen-bond donors (Lipinski definition) is 9. The van der Waals surface area contributed by atoms with Crippen LogP contribution in [0.3, 0.4) is 0 Å². The van der Waals surface area contributed by atoms with Crippen LogP contribution in [-0.2, 0) is 34.1 Å². The minimum atomic E-state index is -4.71. The number of nitro groups is 1. The fourth-order valence-electron chi connectivity index (χ4n) is 5.92. The van der Waals surface area contributed by atoms with Gasteiger partial charge in [-0.05, 0) is 48.5 Å². The highest BCUT2D eigenvalue weighted by atomic mass is 35.5. The fraction of sp³-hybridized carbons (Fsp3) is 0.196. The van der Waals surface area contributed by atoms with Gasteiger partial charge in [0.1, 0.15) is 22.0 Å². The highest BCUT2D eigenvalue weighted by Gasteiger charge is 2.29. The number of aromatic carboxylic acids is 1. The van der Waals surface area contributed by atoms with Gasteiger partial charge in [-0.3, -0.25) is 40.2 Å². The van der Waals surface area contributed by atoms with Crippen molar-refractivity contribution >= 4 is 104 Å². The zero-order chi connectivity index (χ0) is 67.8. The predicted molar refractivity (Wildman–Crippen MR) is 298 cm³/mol. The van der Waals surface area contributed by atoms with Crippen LogP contribution in [-0.4, -0.2) is 169 Å². The van der Waals surface area contributed by atoms with E-state index in [0.717, 1.165) is 25.3 Å². The number of carbonyl (C=O) groups is 6. The van der Waals surface area contributed by atoms with Gasteiger partial charge in [-0.2, -0.15) is 45.9 Å². The number of nitrogens with zero attached hydrogens (tertiary/aromatic N) is 7. The number of nitro benzene ring substituents is 1. The van der Waals surface area contributed by atoms with Gasteiger partial charge in [0.2, 0.25) is 35.4 Å². The lowest BCUT2D eigenvalue weighted by Crippen LogP contribution is -2.36. The third-order valence-corrected chi connectivity index (χ3v) is 13.3. The average molecular weight is 1380 g/mol. The van der Waals surface area contributed by atoms with Crippen molar-refractivity contribution in [3.63, 3.8) is 0 Å². The number of carbonyl (C=O) groups excluding carboxylic acids is 4. The van der Waals surface area contributed by atoms with E-state index in [-0.39, 0.29) is 45.3 Å². The van der Waals surface area contributed by atoms with E-state index in [4.69, 9.17) is 57.4 Å². The highest BCUT2D eigenvalue weighted by molar-refractivity contribution is 7.90. The number of halogens is 6. The molecule has 0 unspecified atom stereocenters. The molecule has 3 aromatic carbocycles. The maximum atomic E-state index is 12.5. The summed E-state index contributed by atoms with van der Waals surface area (Å²) in [6, 6.07) is 14.5. The van der Waals surface area contributed by atoms with Crippen LogP contribution < -0.4 is 49.1 Å². The second-order valence-corrected chi connectivity index (χ2v) is 21.9. The molecule has 90 heavy (non-hydrogen) atoms. The molecule has 35 nitrogen and oxygen atoms in total. The Kier molecular flexibility index (Phi) is 28.1. The van der Waals surface area contributed by atoms with Crippen molar-refractivity contribution in [1.82, 2.24) is 44.6 Å². The van der Waals surface area contributed by atoms with Gasteiger partial charge in [0.25, 0.3) is 31.6 Å². The fourth-order valence-corrected chi connectivity index (χ4v) is 8.92. The van der Waals surface area contributed by atoms with Crippen LogP contribution in [0.15, 0.2) is 101 Å². The highest BCUT2D eigenvalue weighted by Crippen LogP contribution is 2.34. The Morgan fingerprint density at radius 3 is 1.71 bits per heavy atom. The second-order valence-electron chi connectivity index (χ2n) is 16.1. The zero-order valence-corrected chi connectivity index (χ0v) is 50.0. The van der Waals surface area contributed by atoms with Gasteiger partial charge in [-0.25, -0.2) is 42.0 Å². The molecule has 5 amide bonds. The lowest BCUT2D eigenvalue weighted by Gasteiger charge is -2.14. The first-order chi connectivity index (χ1) is 42.0. The SMILES string of the molecule is COC(=O)c1cc(Oc2ccc(Cl)cc2Cl)ccc1[N+](=O)[O-].COc1cc(OC)nc(NC(=O)NS(=O)(=O)c2ncccc2C(=O)N(C)C)n1.O=C(Nc1nc(OC(F)F)cc(OC(F)F)n1)NS(=O)(=O)c1ccccc1C(=O)O.O=C(O)CNCP(=O)(O)O. The molecule has 0 fully saturated rings. The first-order valence-corrected chi connectivity index (χ1v) is 28.9. The van der Waals surface area contributed by atoms with Gasteiger partial charge < -0.3 is 53.3 Å². The number of aromatic nitrogens is 5. The maximum Gasteiger partial charge on any atom is 0.388 e.